The number of unbranched alkanes of at least 4 members (excludes halogenated alkanes) is 4. The molecule has 6 heteroatoms. The van der Waals surface area contributed by atoms with E-state index in [0.29, 0.717) is 6.42 Å². The van der Waals surface area contributed by atoms with Gasteiger partial charge in [-0.05, 0) is 18.1 Å². The third-order valence-electron chi connectivity index (χ3n) is 4.24. The Morgan fingerprint density at radius 1 is 1.16 bits per heavy atom. The van der Waals surface area contributed by atoms with E-state index in [9.17, 15) is 14.7 Å². The van der Waals surface area contributed by atoms with Crippen molar-refractivity contribution in [1.29, 1.82) is 0 Å². The van der Waals surface area contributed by atoms with Crippen LogP contribution in [0.25, 0.3) is 10.9 Å². The molecule has 25 heavy (non-hydrogen) atoms. The predicted molar refractivity (Wildman–Crippen MR) is 103 cm³/mol. The Labute approximate surface area is 178 Å². The Morgan fingerprint density at radius 3 is 2.60 bits per heavy atom. The van der Waals surface area contributed by atoms with Crippen LogP contribution in [0.1, 0.15) is 51.0 Å². The number of hydrogen-bond donors (Lipinski definition) is 3. The third kappa shape index (κ3) is 7.00. The molecule has 0 aliphatic heterocycles. The molecule has 1 aromatic carbocycles. The fourth-order valence-corrected chi connectivity index (χ4v) is 2.88. The van der Waals surface area contributed by atoms with Crippen LogP contribution < -0.4 is 5.32 Å². The van der Waals surface area contributed by atoms with E-state index in [1.54, 1.807) is 0 Å². The van der Waals surface area contributed by atoms with Crippen LogP contribution in [0.3, 0.4) is 0 Å². The number of benzene rings is 1. The van der Waals surface area contributed by atoms with Crippen molar-refractivity contribution < 1.29 is 14.7 Å². The summed E-state index contributed by atoms with van der Waals surface area (Å²) in [6.45, 7) is 2.15. The summed E-state index contributed by atoms with van der Waals surface area (Å²) in [5.41, 5.74) is 1.88. The van der Waals surface area contributed by atoms with Crippen LogP contribution in [0.4, 0.5) is 0 Å². The van der Waals surface area contributed by atoms with Crippen LogP contribution in [0.2, 0.25) is 0 Å². The SMILES string of the molecule is CCCCCCCC(=O)NC(Cc1c[nH]c2ccccc12)C(=O)O.[CaH2]. The molecule has 0 saturated heterocycles. The minimum absolute atomic E-state index is 0. The molecule has 1 atom stereocenters. The summed E-state index contributed by atoms with van der Waals surface area (Å²) in [6.07, 6.45) is 7.78. The average Bonchev–Trinajstić information content (AvgIpc) is 2.97. The van der Waals surface area contributed by atoms with Gasteiger partial charge in [0.1, 0.15) is 6.04 Å². The van der Waals surface area contributed by atoms with Crippen LogP contribution in [-0.4, -0.2) is 65.7 Å². The molecule has 0 saturated carbocycles. The molecule has 3 N–H and O–H groups in total. The molecule has 2 rings (SSSR count). The van der Waals surface area contributed by atoms with Crippen molar-refractivity contribution in [3.05, 3.63) is 36.0 Å². The number of amides is 1. The number of H-pyrrole nitrogens is 1. The summed E-state index contributed by atoms with van der Waals surface area (Å²) in [6, 6.07) is 6.86. The number of carboxylic acids is 1. The van der Waals surface area contributed by atoms with Gasteiger partial charge < -0.3 is 15.4 Å². The molecule has 0 fully saturated rings. The van der Waals surface area contributed by atoms with Gasteiger partial charge in [-0.1, -0.05) is 50.8 Å². The van der Waals surface area contributed by atoms with Gasteiger partial charge in [0, 0.05) is 29.9 Å². The second kappa shape index (κ2) is 11.6. The number of para-hydroxylation sites is 1. The zero-order valence-corrected chi connectivity index (χ0v) is 14.2. The van der Waals surface area contributed by atoms with Crippen LogP contribution in [-0.2, 0) is 16.0 Å². The number of rotatable bonds is 10. The maximum atomic E-state index is 12.0. The van der Waals surface area contributed by atoms with Gasteiger partial charge in [-0.25, -0.2) is 4.79 Å². The molecular formula is C19H28CaN2O3. The number of hydrogen-bond acceptors (Lipinski definition) is 2. The fraction of sp³-hybridized carbons (Fsp3) is 0.474. The maximum absolute atomic E-state index is 12.0. The van der Waals surface area contributed by atoms with E-state index in [1.165, 1.54) is 6.42 Å². The van der Waals surface area contributed by atoms with Gasteiger partial charge in [-0.2, -0.15) is 0 Å². The Morgan fingerprint density at radius 2 is 1.88 bits per heavy atom. The van der Waals surface area contributed by atoms with Crippen LogP contribution in [0, 0.1) is 0 Å². The van der Waals surface area contributed by atoms with Crippen molar-refractivity contribution >= 4 is 60.5 Å². The number of aliphatic carboxylic acids is 1. The van der Waals surface area contributed by atoms with Crippen LogP contribution >= 0.6 is 0 Å². The van der Waals surface area contributed by atoms with E-state index >= 15 is 0 Å². The first kappa shape index (κ1) is 22.0. The van der Waals surface area contributed by atoms with Gasteiger partial charge in [0.25, 0.3) is 0 Å². The third-order valence-corrected chi connectivity index (χ3v) is 4.24. The van der Waals surface area contributed by atoms with Crippen molar-refractivity contribution in [3.63, 3.8) is 0 Å². The van der Waals surface area contributed by atoms with Crippen molar-refractivity contribution in [1.82, 2.24) is 10.3 Å². The molecular weight excluding hydrogens is 344 g/mol. The van der Waals surface area contributed by atoms with Crippen molar-refractivity contribution in [3.8, 4) is 0 Å². The monoisotopic (exact) mass is 372 g/mol. The zero-order chi connectivity index (χ0) is 17.4. The predicted octanol–water partition coefficient (Wildman–Crippen LogP) is 2.72. The van der Waals surface area contributed by atoms with Crippen molar-refractivity contribution in [2.24, 2.45) is 0 Å². The standard InChI is InChI=1S/C19H26N2O3.Ca.2H/c1-2-3-4-5-6-11-18(22)21-17(19(23)24)12-14-13-20-16-10-8-7-9-15(14)16;;;/h7-10,13,17,20H,2-6,11-12H2,1H3,(H,21,22)(H,23,24);;;. The summed E-state index contributed by atoms with van der Waals surface area (Å²) in [7, 11) is 0. The van der Waals surface area contributed by atoms with E-state index in [-0.39, 0.29) is 50.1 Å². The molecule has 1 heterocycles. The van der Waals surface area contributed by atoms with Crippen LogP contribution in [0.15, 0.2) is 30.5 Å². The van der Waals surface area contributed by atoms with Gasteiger partial charge in [0.05, 0.1) is 0 Å². The summed E-state index contributed by atoms with van der Waals surface area (Å²) in [5, 5.41) is 13.1. The molecule has 1 aromatic heterocycles. The molecule has 2 aromatic rings. The van der Waals surface area contributed by atoms with Crippen LogP contribution in [0.5, 0.6) is 0 Å². The van der Waals surface area contributed by atoms with Gasteiger partial charge in [-0.3, -0.25) is 4.79 Å². The molecule has 0 aliphatic carbocycles. The Kier molecular flexibility index (Phi) is 10.2. The molecule has 5 nitrogen and oxygen atoms in total. The summed E-state index contributed by atoms with van der Waals surface area (Å²) >= 11 is 0. The molecule has 0 radical (unpaired) electrons. The number of carbonyl (C=O) groups is 2. The summed E-state index contributed by atoms with van der Waals surface area (Å²) in [4.78, 5) is 26.6. The minimum atomic E-state index is -1.00. The second-order valence-electron chi connectivity index (χ2n) is 6.19. The average molecular weight is 373 g/mol. The van der Waals surface area contributed by atoms with Gasteiger partial charge in [-0.15, -0.1) is 0 Å². The molecule has 0 spiro atoms. The van der Waals surface area contributed by atoms with Gasteiger partial charge in [0.15, 0.2) is 0 Å². The normalized spacial score (nSPS) is 11.7. The number of fused-ring (bicyclic) bond motifs is 1. The van der Waals surface area contributed by atoms with E-state index < -0.39 is 12.0 Å². The number of carbonyl (C=O) groups excluding carboxylic acids is 1. The zero-order valence-electron chi connectivity index (χ0n) is 14.2. The Bertz CT molecular complexity index is 684. The second-order valence-corrected chi connectivity index (χ2v) is 6.19. The van der Waals surface area contributed by atoms with Gasteiger partial charge in [0.2, 0.25) is 5.91 Å². The summed E-state index contributed by atoms with van der Waals surface area (Å²) in [5.74, 6) is -1.18. The van der Waals surface area contributed by atoms with E-state index in [4.69, 9.17) is 0 Å². The van der Waals surface area contributed by atoms with Crippen molar-refractivity contribution in [2.75, 3.05) is 0 Å². The number of aromatic amines is 1. The molecule has 1 unspecified atom stereocenters. The number of aromatic nitrogens is 1. The molecule has 0 bridgehead atoms. The van der Waals surface area contributed by atoms with E-state index in [0.717, 1.165) is 42.1 Å². The van der Waals surface area contributed by atoms with E-state index in [1.807, 2.05) is 30.5 Å². The molecule has 134 valence electrons. The number of carboxylic acid groups (broad SMARTS) is 1. The Hall–Kier alpha value is -1.04. The van der Waals surface area contributed by atoms with Crippen molar-refractivity contribution in [2.45, 2.75) is 57.9 Å². The Balaban J connectivity index is 0.00000312. The molecule has 0 aliphatic rings. The number of nitrogens with one attached hydrogen (secondary N) is 2. The van der Waals surface area contributed by atoms with E-state index in [2.05, 4.69) is 17.2 Å². The first-order chi connectivity index (χ1) is 11.6. The first-order valence-electron chi connectivity index (χ1n) is 8.69. The summed E-state index contributed by atoms with van der Waals surface area (Å²) < 4.78 is 0. The topological polar surface area (TPSA) is 82.2 Å². The van der Waals surface area contributed by atoms with Gasteiger partial charge >= 0.3 is 43.7 Å². The fourth-order valence-electron chi connectivity index (χ4n) is 2.88. The quantitative estimate of drug-likeness (QED) is 0.443. The first-order valence-corrected chi connectivity index (χ1v) is 8.69. The molecule has 1 amide bonds.